The van der Waals surface area contributed by atoms with Crippen LogP contribution in [0.5, 0.6) is 0 Å². The third kappa shape index (κ3) is 7.52. The minimum absolute atomic E-state index is 0.222. The number of sulfone groups is 1. The molecule has 1 aromatic carbocycles. The number of hydrogen-bond acceptors (Lipinski definition) is 10. The minimum atomic E-state index is -3.51. The maximum Gasteiger partial charge on any atom is 0.410 e. The molecule has 0 bridgehead atoms. The largest absolute Gasteiger partial charge is 0.444 e. The monoisotopic (exact) mass is 680 g/mol. The number of aromatic nitrogens is 3. The maximum absolute atomic E-state index is 13.6. The molecule has 2 atom stereocenters. The summed E-state index contributed by atoms with van der Waals surface area (Å²) in [5.74, 6) is 0.756. The second kappa shape index (κ2) is 13.4. The van der Waals surface area contributed by atoms with Gasteiger partial charge in [-0.1, -0.05) is 0 Å². The van der Waals surface area contributed by atoms with E-state index in [0.29, 0.717) is 61.4 Å². The highest BCUT2D eigenvalue weighted by atomic mass is 32.2. The Morgan fingerprint density at radius 3 is 2.33 bits per heavy atom. The molecule has 0 radical (unpaired) electrons. The lowest BCUT2D eigenvalue weighted by molar-refractivity contribution is 0.0166. The van der Waals surface area contributed by atoms with E-state index in [1.165, 1.54) is 6.07 Å². The van der Waals surface area contributed by atoms with Gasteiger partial charge in [-0.25, -0.2) is 18.2 Å². The molecule has 2 aromatic heterocycles. The smallest absolute Gasteiger partial charge is 0.410 e. The van der Waals surface area contributed by atoms with Crippen LogP contribution in [-0.4, -0.2) is 93.1 Å². The van der Waals surface area contributed by atoms with Crippen LogP contribution < -0.4 is 10.9 Å². The van der Waals surface area contributed by atoms with Crippen LogP contribution in [0.1, 0.15) is 78.7 Å². The Hall–Kier alpha value is -3.55. The summed E-state index contributed by atoms with van der Waals surface area (Å²) in [7, 11) is -3.51. The van der Waals surface area contributed by atoms with Crippen LogP contribution in [0.15, 0.2) is 52.3 Å². The van der Waals surface area contributed by atoms with Gasteiger partial charge >= 0.3 is 6.09 Å². The Morgan fingerprint density at radius 1 is 1.02 bits per heavy atom. The van der Waals surface area contributed by atoms with E-state index in [4.69, 9.17) is 4.74 Å². The summed E-state index contributed by atoms with van der Waals surface area (Å²) in [6, 6.07) is 9.44. The number of nitrogens with zero attached hydrogens (tertiary/aromatic N) is 5. The van der Waals surface area contributed by atoms with Crippen molar-refractivity contribution in [2.24, 2.45) is 5.92 Å². The van der Waals surface area contributed by atoms with Crippen LogP contribution in [0.2, 0.25) is 0 Å². The number of carbonyl (C=O) groups is 1. The first kappa shape index (κ1) is 34.3. The van der Waals surface area contributed by atoms with Gasteiger partial charge in [-0.2, -0.15) is 4.98 Å². The van der Waals surface area contributed by atoms with Crippen LogP contribution in [0, 0.1) is 5.92 Å². The van der Waals surface area contributed by atoms with Gasteiger partial charge in [0, 0.05) is 43.0 Å². The van der Waals surface area contributed by atoms with E-state index < -0.39 is 26.3 Å². The van der Waals surface area contributed by atoms with Crippen LogP contribution in [0.3, 0.4) is 0 Å². The molecule has 48 heavy (non-hydrogen) atoms. The van der Waals surface area contributed by atoms with Gasteiger partial charge < -0.3 is 25.0 Å². The Morgan fingerprint density at radius 2 is 1.71 bits per heavy atom. The molecule has 3 aliphatic rings. The van der Waals surface area contributed by atoms with Crippen molar-refractivity contribution in [3.05, 3.63) is 52.9 Å². The number of amides is 1. The van der Waals surface area contributed by atoms with Gasteiger partial charge in [-0.3, -0.25) is 9.36 Å². The molecule has 12 nitrogen and oxygen atoms in total. The summed E-state index contributed by atoms with van der Waals surface area (Å²) >= 11 is 0. The number of pyridine rings is 1. The zero-order valence-corrected chi connectivity index (χ0v) is 29.2. The number of hydrogen-bond donors (Lipinski definition) is 2. The highest BCUT2D eigenvalue weighted by molar-refractivity contribution is 7.92. The van der Waals surface area contributed by atoms with Crippen molar-refractivity contribution in [1.29, 1.82) is 0 Å². The fourth-order valence-corrected chi connectivity index (χ4v) is 9.11. The van der Waals surface area contributed by atoms with Gasteiger partial charge in [0.25, 0.3) is 5.56 Å². The predicted octanol–water partition coefficient (Wildman–Crippen LogP) is 4.90. The molecule has 1 saturated carbocycles. The number of carbonyl (C=O) groups excluding carboxylic acids is 1. The third-order valence-corrected chi connectivity index (χ3v) is 12.3. The number of benzene rings is 1. The highest BCUT2D eigenvalue weighted by Gasteiger charge is 2.39. The molecule has 6 rings (SSSR count). The summed E-state index contributed by atoms with van der Waals surface area (Å²) in [4.78, 5) is 38.8. The number of piperidine rings is 2. The number of likely N-dealkylation sites (tertiary alicyclic amines) is 2. The van der Waals surface area contributed by atoms with Crippen molar-refractivity contribution in [1.82, 2.24) is 24.3 Å². The molecule has 4 heterocycles. The van der Waals surface area contributed by atoms with Crippen LogP contribution in [-0.2, 0) is 14.6 Å². The SMILES string of the molecule is CC(C)(C)OC(=O)N1CCC(CN2CCC(S(=O)(=O)c3ccc(Nc4ncc5ccc(=O)n([C@@H]6CCC[C@@]6(C)O)c5n4)cc3)CC2)CC1. The zero-order valence-electron chi connectivity index (χ0n) is 28.4. The summed E-state index contributed by atoms with van der Waals surface area (Å²) in [6.45, 7) is 11.1. The molecule has 1 amide bonds. The minimum Gasteiger partial charge on any atom is -0.444 e. The Bertz CT molecular complexity index is 1790. The van der Waals surface area contributed by atoms with Crippen molar-refractivity contribution in [2.45, 2.75) is 100 Å². The summed E-state index contributed by atoms with van der Waals surface area (Å²) in [5.41, 5.74) is -0.654. The Labute approximate surface area is 282 Å². The predicted molar refractivity (Wildman–Crippen MR) is 184 cm³/mol. The summed E-state index contributed by atoms with van der Waals surface area (Å²) in [5, 5.41) is 14.3. The fraction of sp³-hybridized carbons (Fsp3) is 0.600. The number of ether oxygens (including phenoxy) is 1. The van der Waals surface area contributed by atoms with E-state index in [-0.39, 0.29) is 28.5 Å². The van der Waals surface area contributed by atoms with Gasteiger partial charge in [0.2, 0.25) is 5.95 Å². The molecule has 2 N–H and O–H groups in total. The molecule has 260 valence electrons. The summed E-state index contributed by atoms with van der Waals surface area (Å²) in [6.07, 6.45) is 6.52. The molecule has 1 aliphatic carbocycles. The summed E-state index contributed by atoms with van der Waals surface area (Å²) < 4.78 is 34.2. The second-order valence-corrected chi connectivity index (χ2v) is 17.1. The van der Waals surface area contributed by atoms with E-state index in [0.717, 1.165) is 38.9 Å². The van der Waals surface area contributed by atoms with Gasteiger partial charge in [0.1, 0.15) is 11.2 Å². The first-order valence-corrected chi connectivity index (χ1v) is 18.7. The topological polar surface area (TPSA) is 147 Å². The van der Waals surface area contributed by atoms with Gasteiger partial charge in [0.15, 0.2) is 9.84 Å². The van der Waals surface area contributed by atoms with Crippen molar-refractivity contribution in [2.75, 3.05) is 38.0 Å². The van der Waals surface area contributed by atoms with E-state index in [9.17, 15) is 23.1 Å². The molecule has 0 spiro atoms. The molecular formula is C35H48N6O6S. The third-order valence-electron chi connectivity index (χ3n) is 10.1. The lowest BCUT2D eigenvalue weighted by Gasteiger charge is -2.37. The zero-order chi connectivity index (χ0) is 34.3. The van der Waals surface area contributed by atoms with E-state index in [1.54, 1.807) is 52.9 Å². The normalized spacial score (nSPS) is 23.4. The van der Waals surface area contributed by atoms with Crippen LogP contribution in [0.4, 0.5) is 16.4 Å². The van der Waals surface area contributed by atoms with Gasteiger partial charge in [-0.05, 0) is 122 Å². The average Bonchev–Trinajstić information content (AvgIpc) is 3.39. The number of anilines is 2. The highest BCUT2D eigenvalue weighted by Crippen LogP contribution is 2.39. The first-order chi connectivity index (χ1) is 22.7. The van der Waals surface area contributed by atoms with E-state index in [2.05, 4.69) is 20.2 Å². The molecule has 3 aromatic rings. The van der Waals surface area contributed by atoms with Crippen molar-refractivity contribution in [3.8, 4) is 0 Å². The van der Waals surface area contributed by atoms with Crippen molar-refractivity contribution in [3.63, 3.8) is 0 Å². The molecule has 13 heteroatoms. The van der Waals surface area contributed by atoms with Crippen molar-refractivity contribution < 1.29 is 23.1 Å². The Balaban J connectivity index is 1.04. The maximum atomic E-state index is 13.6. The average molecular weight is 681 g/mol. The molecule has 2 saturated heterocycles. The van der Waals surface area contributed by atoms with Gasteiger partial charge in [0.05, 0.1) is 21.8 Å². The second-order valence-electron chi connectivity index (χ2n) is 14.9. The standard InChI is InChI=1S/C35H48N6O6S/c1-34(2,3)47-33(43)40-20-13-24(14-21-40)23-39-18-15-28(16-19-39)48(45,46)27-10-8-26(9-11-27)37-32-36-22-25-7-12-30(42)41(31(25)38-32)29-6-5-17-35(29,4)44/h7-12,22,24,28-29,44H,5-6,13-21,23H2,1-4H3,(H,36,37,38)/t29-,35-/m1/s1. The number of nitrogens with one attached hydrogen (secondary N) is 1. The first-order valence-electron chi connectivity index (χ1n) is 17.1. The lowest BCUT2D eigenvalue weighted by atomic mass is 9.95. The van der Waals surface area contributed by atoms with E-state index >= 15 is 0 Å². The molecule has 2 aliphatic heterocycles. The molecule has 3 fully saturated rings. The Kier molecular flexibility index (Phi) is 9.58. The van der Waals surface area contributed by atoms with Crippen molar-refractivity contribution >= 4 is 38.6 Å². The quantitative estimate of drug-likeness (QED) is 0.353. The van der Waals surface area contributed by atoms with E-state index in [1.807, 2.05) is 20.8 Å². The fourth-order valence-electron chi connectivity index (χ4n) is 7.38. The van der Waals surface area contributed by atoms with Crippen LogP contribution >= 0.6 is 0 Å². The number of rotatable bonds is 7. The van der Waals surface area contributed by atoms with Crippen LogP contribution in [0.25, 0.3) is 11.0 Å². The van der Waals surface area contributed by atoms with Gasteiger partial charge in [-0.15, -0.1) is 0 Å². The number of aliphatic hydroxyl groups is 1. The molecular weight excluding hydrogens is 632 g/mol. The number of fused-ring (bicyclic) bond motifs is 1. The lowest BCUT2D eigenvalue weighted by Crippen LogP contribution is -2.45. The molecule has 0 unspecified atom stereocenters.